The Kier molecular flexibility index (Phi) is 8.43. The van der Waals surface area contributed by atoms with Crippen molar-refractivity contribution < 1.29 is 29.0 Å². The second kappa shape index (κ2) is 11.5. The zero-order valence-corrected chi connectivity index (χ0v) is 19.0. The second-order valence-electron chi connectivity index (χ2n) is 8.22. The molecule has 2 aromatic carbocycles. The summed E-state index contributed by atoms with van der Waals surface area (Å²) < 4.78 is 10.4. The van der Waals surface area contributed by atoms with E-state index in [9.17, 15) is 14.4 Å². The maximum atomic E-state index is 12.4. The van der Waals surface area contributed by atoms with Crippen LogP contribution in [0.15, 0.2) is 48.5 Å². The molecule has 2 N–H and O–H groups in total. The third kappa shape index (κ3) is 6.32. The number of ether oxygens (including phenoxy) is 2. The minimum absolute atomic E-state index is 0.0208. The summed E-state index contributed by atoms with van der Waals surface area (Å²) in [5.74, 6) is -1.58. The van der Waals surface area contributed by atoms with Gasteiger partial charge in [0, 0.05) is 32.5 Å². The highest BCUT2D eigenvalue weighted by Gasteiger charge is 2.29. The third-order valence-corrected chi connectivity index (χ3v) is 5.71. The lowest BCUT2D eigenvalue weighted by molar-refractivity contribution is -0.145. The van der Waals surface area contributed by atoms with Crippen LogP contribution in [-0.4, -0.2) is 67.9 Å². The molecule has 8 nitrogen and oxygen atoms in total. The molecule has 8 heteroatoms. The number of benzene rings is 2. The van der Waals surface area contributed by atoms with E-state index in [-0.39, 0.29) is 57.0 Å². The van der Waals surface area contributed by atoms with Crippen LogP contribution in [0.1, 0.15) is 30.4 Å². The van der Waals surface area contributed by atoms with E-state index < -0.39 is 12.1 Å². The van der Waals surface area contributed by atoms with Gasteiger partial charge in [0.1, 0.15) is 13.2 Å². The number of methoxy groups -OCH3 is 1. The first-order valence-corrected chi connectivity index (χ1v) is 11.0. The monoisotopic (exact) mass is 454 g/mol. The third-order valence-electron chi connectivity index (χ3n) is 5.71. The molecule has 0 bridgehead atoms. The highest BCUT2D eigenvalue weighted by molar-refractivity contribution is 5.81. The smallest absolute Gasteiger partial charge is 0.407 e. The minimum atomic E-state index is -1.08. The SMILES string of the molecule is COCCN(CC(=O)O)C(=O)CC(C)CNC(=O)OCC1c2ccccc2-c2ccccc21. The maximum Gasteiger partial charge on any atom is 0.407 e. The van der Waals surface area contributed by atoms with Crippen molar-refractivity contribution in [2.24, 2.45) is 5.92 Å². The van der Waals surface area contributed by atoms with Crippen molar-refractivity contribution in [1.29, 1.82) is 0 Å². The number of hydrogen-bond acceptors (Lipinski definition) is 5. The number of nitrogens with zero attached hydrogens (tertiary/aromatic N) is 1. The molecule has 33 heavy (non-hydrogen) atoms. The molecule has 0 aliphatic heterocycles. The van der Waals surface area contributed by atoms with Crippen LogP contribution < -0.4 is 5.32 Å². The van der Waals surface area contributed by atoms with Crippen LogP contribution in [-0.2, 0) is 19.1 Å². The Labute approximate surface area is 193 Å². The van der Waals surface area contributed by atoms with Gasteiger partial charge in [-0.1, -0.05) is 55.5 Å². The number of hydrogen-bond donors (Lipinski definition) is 2. The Morgan fingerprint density at radius 3 is 2.24 bits per heavy atom. The Hall–Kier alpha value is -3.39. The number of nitrogens with one attached hydrogen (secondary N) is 1. The van der Waals surface area contributed by atoms with E-state index in [1.54, 1.807) is 0 Å². The molecule has 0 saturated heterocycles. The average molecular weight is 455 g/mol. The van der Waals surface area contributed by atoms with Gasteiger partial charge in [-0.3, -0.25) is 9.59 Å². The summed E-state index contributed by atoms with van der Waals surface area (Å²) in [6.45, 7) is 2.36. The number of carbonyl (C=O) groups is 3. The first-order valence-electron chi connectivity index (χ1n) is 11.0. The summed E-state index contributed by atoms with van der Waals surface area (Å²) in [7, 11) is 1.49. The Morgan fingerprint density at radius 2 is 1.67 bits per heavy atom. The topological polar surface area (TPSA) is 105 Å². The fraction of sp³-hybridized carbons (Fsp3) is 0.400. The van der Waals surface area contributed by atoms with Crippen LogP contribution in [0, 0.1) is 5.92 Å². The molecular formula is C25H30N2O6. The second-order valence-corrected chi connectivity index (χ2v) is 8.22. The first kappa shape index (κ1) is 24.3. The molecule has 0 aromatic heterocycles. The van der Waals surface area contributed by atoms with Gasteiger partial charge in [-0.15, -0.1) is 0 Å². The van der Waals surface area contributed by atoms with Gasteiger partial charge in [-0.2, -0.15) is 0 Å². The molecule has 3 rings (SSSR count). The molecule has 0 spiro atoms. The molecule has 1 unspecified atom stereocenters. The van der Waals surface area contributed by atoms with Crippen molar-refractivity contribution in [1.82, 2.24) is 10.2 Å². The van der Waals surface area contributed by atoms with Crippen LogP contribution in [0.4, 0.5) is 4.79 Å². The molecule has 0 fully saturated rings. The molecule has 2 aromatic rings. The summed E-state index contributed by atoms with van der Waals surface area (Å²) in [6.07, 6.45) is -0.432. The summed E-state index contributed by atoms with van der Waals surface area (Å²) in [5, 5.41) is 11.7. The van der Waals surface area contributed by atoms with Crippen molar-refractivity contribution >= 4 is 18.0 Å². The normalized spacial score (nSPS) is 13.0. The molecule has 0 heterocycles. The van der Waals surface area contributed by atoms with Crippen molar-refractivity contribution in [3.63, 3.8) is 0 Å². The van der Waals surface area contributed by atoms with Crippen molar-refractivity contribution in [2.45, 2.75) is 19.3 Å². The van der Waals surface area contributed by atoms with Crippen LogP contribution >= 0.6 is 0 Å². The lowest BCUT2D eigenvalue weighted by Crippen LogP contribution is -2.39. The molecule has 0 radical (unpaired) electrons. The number of carboxylic acids is 1. The number of aliphatic carboxylic acids is 1. The van der Waals surface area contributed by atoms with Gasteiger partial charge in [0.2, 0.25) is 5.91 Å². The average Bonchev–Trinajstić information content (AvgIpc) is 3.12. The minimum Gasteiger partial charge on any atom is -0.480 e. The van der Waals surface area contributed by atoms with E-state index in [1.807, 2.05) is 31.2 Å². The molecular weight excluding hydrogens is 424 g/mol. The Morgan fingerprint density at radius 1 is 1.06 bits per heavy atom. The lowest BCUT2D eigenvalue weighted by Gasteiger charge is -2.22. The number of carbonyl (C=O) groups excluding carboxylic acids is 2. The summed E-state index contributed by atoms with van der Waals surface area (Å²) in [4.78, 5) is 37.0. The van der Waals surface area contributed by atoms with E-state index in [4.69, 9.17) is 14.6 Å². The van der Waals surface area contributed by atoms with E-state index >= 15 is 0 Å². The fourth-order valence-corrected chi connectivity index (χ4v) is 4.06. The molecule has 1 atom stereocenters. The van der Waals surface area contributed by atoms with E-state index in [1.165, 1.54) is 12.0 Å². The van der Waals surface area contributed by atoms with Crippen LogP contribution in [0.3, 0.4) is 0 Å². The van der Waals surface area contributed by atoms with Crippen molar-refractivity contribution in [3.8, 4) is 11.1 Å². The number of amides is 2. The van der Waals surface area contributed by atoms with Gasteiger partial charge >= 0.3 is 12.1 Å². The van der Waals surface area contributed by atoms with E-state index in [2.05, 4.69) is 29.6 Å². The number of rotatable bonds is 11. The van der Waals surface area contributed by atoms with Crippen molar-refractivity contribution in [2.75, 3.05) is 40.0 Å². The molecule has 2 amide bonds. The molecule has 0 saturated carbocycles. The van der Waals surface area contributed by atoms with Gasteiger partial charge < -0.3 is 24.8 Å². The van der Waals surface area contributed by atoms with Crippen LogP contribution in [0.2, 0.25) is 0 Å². The predicted octanol–water partition coefficient (Wildman–Crippen LogP) is 3.11. The van der Waals surface area contributed by atoms with Gasteiger partial charge in [-0.05, 0) is 28.2 Å². The molecule has 1 aliphatic carbocycles. The van der Waals surface area contributed by atoms with Gasteiger partial charge in [0.15, 0.2) is 0 Å². The number of carboxylic acid groups (broad SMARTS) is 1. The summed E-state index contributed by atoms with van der Waals surface area (Å²) in [5.41, 5.74) is 4.60. The Bertz CT molecular complexity index is 947. The zero-order valence-electron chi connectivity index (χ0n) is 19.0. The highest BCUT2D eigenvalue weighted by atomic mass is 16.5. The lowest BCUT2D eigenvalue weighted by atomic mass is 9.98. The standard InChI is InChI=1S/C25H30N2O6/c1-17(13-23(28)27(11-12-32-2)15-24(29)30)14-26-25(31)33-16-22-20-9-5-3-7-18(20)19-8-4-6-10-21(19)22/h3-10,17,22H,11-16H2,1-2H3,(H,26,31)(H,29,30). The van der Waals surface area contributed by atoms with Gasteiger partial charge in [0.25, 0.3) is 0 Å². The maximum absolute atomic E-state index is 12.4. The fourth-order valence-electron chi connectivity index (χ4n) is 4.06. The zero-order chi connectivity index (χ0) is 23.8. The van der Waals surface area contributed by atoms with Crippen molar-refractivity contribution in [3.05, 3.63) is 59.7 Å². The first-order chi connectivity index (χ1) is 15.9. The number of fused-ring (bicyclic) bond motifs is 3. The van der Waals surface area contributed by atoms with Crippen LogP contribution in [0.25, 0.3) is 11.1 Å². The number of alkyl carbamates (subject to hydrolysis) is 1. The molecule has 176 valence electrons. The Balaban J connectivity index is 1.49. The van der Waals surface area contributed by atoms with Gasteiger partial charge in [0.05, 0.1) is 6.61 Å². The van der Waals surface area contributed by atoms with E-state index in [0.29, 0.717) is 0 Å². The molecule has 1 aliphatic rings. The summed E-state index contributed by atoms with van der Waals surface area (Å²) >= 11 is 0. The summed E-state index contributed by atoms with van der Waals surface area (Å²) in [6, 6.07) is 16.2. The van der Waals surface area contributed by atoms with Crippen LogP contribution in [0.5, 0.6) is 0 Å². The predicted molar refractivity (Wildman–Crippen MR) is 123 cm³/mol. The van der Waals surface area contributed by atoms with E-state index in [0.717, 1.165) is 22.3 Å². The largest absolute Gasteiger partial charge is 0.480 e. The highest BCUT2D eigenvalue weighted by Crippen LogP contribution is 2.44. The quantitative estimate of drug-likeness (QED) is 0.541. The van der Waals surface area contributed by atoms with Gasteiger partial charge in [-0.25, -0.2) is 4.79 Å².